The van der Waals surface area contributed by atoms with Crippen molar-refractivity contribution < 1.29 is 4.79 Å². The predicted octanol–water partition coefficient (Wildman–Crippen LogP) is 3.63. The Morgan fingerprint density at radius 2 is 2.12 bits per heavy atom. The molecule has 0 radical (unpaired) electrons. The second-order valence-electron chi connectivity index (χ2n) is 6.71. The molecule has 3 aromatic rings. The highest BCUT2D eigenvalue weighted by atomic mass is 32.1. The summed E-state index contributed by atoms with van der Waals surface area (Å²) in [6.07, 6.45) is 11.0. The van der Waals surface area contributed by atoms with Gasteiger partial charge in [0.25, 0.3) is 0 Å². The van der Waals surface area contributed by atoms with Gasteiger partial charge >= 0.3 is 0 Å². The van der Waals surface area contributed by atoms with E-state index in [-0.39, 0.29) is 5.91 Å². The number of carbonyl (C=O) groups is 1. The van der Waals surface area contributed by atoms with Crippen molar-refractivity contribution in [1.29, 1.82) is 0 Å². The van der Waals surface area contributed by atoms with Crippen LogP contribution >= 0.6 is 11.3 Å². The molecule has 0 aliphatic heterocycles. The summed E-state index contributed by atoms with van der Waals surface area (Å²) in [5, 5.41) is 9.07. The third-order valence-electron chi connectivity index (χ3n) is 4.98. The van der Waals surface area contributed by atoms with Gasteiger partial charge in [0.2, 0.25) is 11.0 Å². The number of thiazole rings is 1. The van der Waals surface area contributed by atoms with Gasteiger partial charge in [0, 0.05) is 24.2 Å². The largest absolute Gasteiger partial charge is 0.382 e. The molecule has 3 heterocycles. The average Bonchev–Trinajstić information content (AvgIpc) is 3.31. The zero-order valence-electron chi connectivity index (χ0n) is 14.5. The average molecular weight is 370 g/mol. The molecule has 136 valence electrons. The second kappa shape index (κ2) is 7.41. The van der Waals surface area contributed by atoms with Crippen LogP contribution in [0.2, 0.25) is 0 Å². The normalized spacial score (nSPS) is 15.4. The number of carbonyl (C=O) groups excluding carboxylic acids is 1. The first-order valence-electron chi connectivity index (χ1n) is 9.06. The Morgan fingerprint density at radius 1 is 1.27 bits per heavy atom. The van der Waals surface area contributed by atoms with Crippen molar-refractivity contribution >= 4 is 39.2 Å². The summed E-state index contributed by atoms with van der Waals surface area (Å²) >= 11 is 1.39. The number of pyridine rings is 1. The van der Waals surface area contributed by atoms with Crippen molar-refractivity contribution in [1.82, 2.24) is 19.9 Å². The molecule has 7 nitrogen and oxygen atoms in total. The van der Waals surface area contributed by atoms with Crippen molar-refractivity contribution in [3.8, 4) is 0 Å². The Kier molecular flexibility index (Phi) is 4.83. The molecule has 1 fully saturated rings. The smallest absolute Gasteiger partial charge is 0.249 e. The minimum Gasteiger partial charge on any atom is -0.382 e. The second-order valence-corrected chi connectivity index (χ2v) is 7.59. The summed E-state index contributed by atoms with van der Waals surface area (Å²) in [6.45, 7) is 0. The molecular weight excluding hydrogens is 348 g/mol. The van der Waals surface area contributed by atoms with Crippen LogP contribution in [0.15, 0.2) is 29.9 Å². The van der Waals surface area contributed by atoms with Crippen molar-refractivity contribution in [2.45, 2.75) is 44.9 Å². The minimum atomic E-state index is -0.0370. The van der Waals surface area contributed by atoms with Gasteiger partial charge in [0.15, 0.2) is 11.5 Å². The third-order valence-corrected chi connectivity index (χ3v) is 5.73. The van der Waals surface area contributed by atoms with E-state index in [1.54, 1.807) is 12.4 Å². The van der Waals surface area contributed by atoms with Crippen LogP contribution in [-0.4, -0.2) is 25.8 Å². The fourth-order valence-corrected chi connectivity index (χ4v) is 4.25. The van der Waals surface area contributed by atoms with Crippen LogP contribution < -0.4 is 10.7 Å². The highest BCUT2D eigenvalue weighted by molar-refractivity contribution is 7.13. The summed E-state index contributed by atoms with van der Waals surface area (Å²) < 4.78 is 0. The van der Waals surface area contributed by atoms with E-state index in [2.05, 4.69) is 15.1 Å². The lowest BCUT2D eigenvalue weighted by Crippen LogP contribution is -2.37. The molecule has 0 spiro atoms. The number of hydrogen-bond acceptors (Lipinski definition) is 6. The topological polar surface area (TPSA) is 89.9 Å². The van der Waals surface area contributed by atoms with Crippen LogP contribution in [0.5, 0.6) is 0 Å². The van der Waals surface area contributed by atoms with Crippen molar-refractivity contribution in [3.05, 3.63) is 29.9 Å². The zero-order chi connectivity index (χ0) is 17.9. The number of nitrogens with two attached hydrogens (primary N) is 1. The Balaban J connectivity index is 1.61. The highest BCUT2D eigenvalue weighted by Gasteiger charge is 2.25. The maximum Gasteiger partial charge on any atom is 0.249 e. The molecule has 0 aromatic carbocycles. The first-order chi connectivity index (χ1) is 12.7. The fraction of sp³-hybridized carbons (Fsp3) is 0.444. The van der Waals surface area contributed by atoms with Crippen LogP contribution in [0.25, 0.3) is 11.0 Å². The Hall–Kier alpha value is -2.48. The maximum absolute atomic E-state index is 13.1. The lowest BCUT2D eigenvalue weighted by molar-refractivity contribution is -0.119. The number of rotatable bonds is 5. The Bertz CT molecular complexity index is 884. The number of fused-ring (bicyclic) bond motifs is 1. The lowest BCUT2D eigenvalue weighted by Gasteiger charge is -2.24. The van der Waals surface area contributed by atoms with Gasteiger partial charge < -0.3 is 5.73 Å². The molecular formula is C18H22N6OS. The summed E-state index contributed by atoms with van der Waals surface area (Å²) in [6, 6.07) is 3.66. The predicted molar refractivity (Wildman–Crippen MR) is 103 cm³/mol. The lowest BCUT2D eigenvalue weighted by atomic mass is 9.86. The Morgan fingerprint density at radius 3 is 2.85 bits per heavy atom. The molecule has 1 aliphatic rings. The van der Waals surface area contributed by atoms with E-state index in [0.29, 0.717) is 28.9 Å². The highest BCUT2D eigenvalue weighted by Crippen LogP contribution is 2.29. The number of nitrogen functional groups attached to an aromatic ring is 1. The van der Waals surface area contributed by atoms with E-state index >= 15 is 0 Å². The van der Waals surface area contributed by atoms with Gasteiger partial charge in [-0.15, -0.1) is 21.2 Å². The van der Waals surface area contributed by atoms with Gasteiger partial charge in [-0.1, -0.05) is 32.1 Å². The first-order valence-corrected chi connectivity index (χ1v) is 9.94. The Labute approximate surface area is 155 Å². The molecule has 2 N–H and O–H groups in total. The van der Waals surface area contributed by atoms with Gasteiger partial charge in [-0.25, -0.2) is 9.97 Å². The van der Waals surface area contributed by atoms with E-state index in [4.69, 9.17) is 5.73 Å². The number of amides is 1. The van der Waals surface area contributed by atoms with E-state index in [1.807, 2.05) is 17.5 Å². The van der Waals surface area contributed by atoms with Gasteiger partial charge in [-0.3, -0.25) is 4.79 Å². The summed E-state index contributed by atoms with van der Waals surface area (Å²) in [5.41, 5.74) is 6.79. The summed E-state index contributed by atoms with van der Waals surface area (Å²) in [4.78, 5) is 23.1. The third kappa shape index (κ3) is 3.29. The van der Waals surface area contributed by atoms with Gasteiger partial charge in [0.1, 0.15) is 0 Å². The summed E-state index contributed by atoms with van der Waals surface area (Å²) in [7, 11) is 0. The fourth-order valence-electron chi connectivity index (χ4n) is 3.60. The molecule has 0 saturated heterocycles. The minimum absolute atomic E-state index is 0.0370. The van der Waals surface area contributed by atoms with Gasteiger partial charge in [0.05, 0.1) is 5.39 Å². The quantitative estimate of drug-likeness (QED) is 0.741. The van der Waals surface area contributed by atoms with Crippen LogP contribution in [0.1, 0.15) is 44.9 Å². The monoisotopic (exact) mass is 370 g/mol. The van der Waals surface area contributed by atoms with E-state index in [0.717, 1.165) is 11.8 Å². The molecule has 8 heteroatoms. The van der Waals surface area contributed by atoms with E-state index < -0.39 is 0 Å². The van der Waals surface area contributed by atoms with Crippen molar-refractivity contribution in [2.75, 3.05) is 10.7 Å². The maximum atomic E-state index is 13.1. The molecule has 0 atom stereocenters. The first kappa shape index (κ1) is 17.0. The van der Waals surface area contributed by atoms with Crippen LogP contribution in [0.4, 0.5) is 10.9 Å². The molecule has 0 unspecified atom stereocenters. The van der Waals surface area contributed by atoms with Crippen molar-refractivity contribution in [3.63, 3.8) is 0 Å². The molecule has 4 rings (SSSR count). The van der Waals surface area contributed by atoms with E-state index in [1.165, 1.54) is 53.2 Å². The summed E-state index contributed by atoms with van der Waals surface area (Å²) in [5.74, 6) is 1.00. The molecule has 26 heavy (non-hydrogen) atoms. The van der Waals surface area contributed by atoms with E-state index in [9.17, 15) is 4.79 Å². The molecule has 1 amide bonds. The standard InChI is InChI=1S/C18H22N6OS/c19-16-14-7-4-10-20-17(14)22-24(16)23(18-21-11-12-26-18)15(25)9-8-13-5-2-1-3-6-13/h4,7,10-13H,1-3,5-6,8-9,19H2. The zero-order valence-corrected chi connectivity index (χ0v) is 15.4. The molecule has 1 aliphatic carbocycles. The van der Waals surface area contributed by atoms with Crippen LogP contribution in [0.3, 0.4) is 0 Å². The number of aromatic nitrogens is 4. The number of hydrogen-bond donors (Lipinski definition) is 1. The van der Waals surface area contributed by atoms with Gasteiger partial charge in [-0.2, -0.15) is 5.01 Å². The molecule has 0 bridgehead atoms. The molecule has 1 saturated carbocycles. The van der Waals surface area contributed by atoms with Gasteiger partial charge in [-0.05, 0) is 24.5 Å². The number of nitrogens with zero attached hydrogens (tertiary/aromatic N) is 5. The molecule has 3 aromatic heterocycles. The van der Waals surface area contributed by atoms with Crippen LogP contribution in [0, 0.1) is 5.92 Å². The van der Waals surface area contributed by atoms with Crippen molar-refractivity contribution in [2.24, 2.45) is 5.92 Å². The number of anilines is 2. The van der Waals surface area contributed by atoms with Crippen LogP contribution in [-0.2, 0) is 4.79 Å². The SMILES string of the molecule is Nc1c2cccnc2nn1N(C(=O)CCC1CCCCC1)c1nccs1.